The highest BCUT2D eigenvalue weighted by Gasteiger charge is 2.23. The fraction of sp³-hybridized carbons (Fsp3) is 0.421. The lowest BCUT2D eigenvalue weighted by atomic mass is 10.1. The fourth-order valence-corrected chi connectivity index (χ4v) is 2.95. The van der Waals surface area contributed by atoms with E-state index >= 15 is 0 Å². The first kappa shape index (κ1) is 18.8. The molecule has 0 atom stereocenters. The third-order valence-electron chi connectivity index (χ3n) is 4.29. The molecule has 3 rings (SSSR count). The van der Waals surface area contributed by atoms with Gasteiger partial charge < -0.3 is 25.0 Å². The van der Waals surface area contributed by atoms with Gasteiger partial charge in [0.2, 0.25) is 11.8 Å². The molecule has 1 aromatic carbocycles. The third-order valence-corrected chi connectivity index (χ3v) is 4.29. The van der Waals surface area contributed by atoms with E-state index in [-0.39, 0.29) is 18.0 Å². The van der Waals surface area contributed by atoms with Crippen LogP contribution in [0.5, 0.6) is 11.6 Å². The van der Waals surface area contributed by atoms with Crippen molar-refractivity contribution in [1.82, 2.24) is 14.9 Å². The first-order chi connectivity index (χ1) is 13.0. The van der Waals surface area contributed by atoms with Gasteiger partial charge in [-0.2, -0.15) is 9.97 Å². The number of nitrogen functional groups attached to an aromatic ring is 1. The van der Waals surface area contributed by atoms with E-state index < -0.39 is 0 Å². The summed E-state index contributed by atoms with van der Waals surface area (Å²) >= 11 is 0. The number of benzene rings is 1. The normalized spacial score (nSPS) is 14.4. The van der Waals surface area contributed by atoms with E-state index in [1.165, 1.54) is 0 Å². The lowest BCUT2D eigenvalue weighted by Crippen LogP contribution is -2.49. The van der Waals surface area contributed by atoms with Crippen molar-refractivity contribution in [1.29, 1.82) is 0 Å². The molecule has 8 nitrogen and oxygen atoms in total. The fourth-order valence-electron chi connectivity index (χ4n) is 2.95. The highest BCUT2D eigenvalue weighted by atomic mass is 16.5. The van der Waals surface area contributed by atoms with Gasteiger partial charge >= 0.3 is 0 Å². The van der Waals surface area contributed by atoms with E-state index in [1.54, 1.807) is 37.4 Å². The average Bonchev–Trinajstić information content (AvgIpc) is 2.66. The minimum Gasteiger partial charge on any atom is -0.497 e. The second-order valence-corrected chi connectivity index (χ2v) is 6.60. The Labute approximate surface area is 158 Å². The van der Waals surface area contributed by atoms with Crippen LogP contribution in [0, 0.1) is 0 Å². The molecular formula is C19H25N5O3. The van der Waals surface area contributed by atoms with Crippen LogP contribution in [0.15, 0.2) is 30.3 Å². The average molecular weight is 371 g/mol. The minimum atomic E-state index is 0.00566. The summed E-state index contributed by atoms with van der Waals surface area (Å²) in [5, 5.41) is 0. The molecule has 1 saturated heterocycles. The molecule has 1 amide bonds. The summed E-state index contributed by atoms with van der Waals surface area (Å²) in [5.41, 5.74) is 6.47. The Kier molecular flexibility index (Phi) is 5.63. The van der Waals surface area contributed by atoms with Gasteiger partial charge in [-0.1, -0.05) is 0 Å². The molecule has 0 unspecified atom stereocenters. The number of methoxy groups -OCH3 is 1. The van der Waals surface area contributed by atoms with Crippen LogP contribution in [0.1, 0.15) is 24.2 Å². The molecule has 0 aliphatic carbocycles. The monoisotopic (exact) mass is 371 g/mol. The molecule has 1 aliphatic heterocycles. The lowest BCUT2D eigenvalue weighted by molar-refractivity contribution is 0.0746. The molecule has 1 aromatic heterocycles. The highest BCUT2D eigenvalue weighted by Crippen LogP contribution is 2.21. The number of nitrogens with two attached hydrogens (primary N) is 1. The summed E-state index contributed by atoms with van der Waals surface area (Å²) in [4.78, 5) is 25.0. The Hall–Kier alpha value is -3.03. The molecule has 1 fully saturated rings. The van der Waals surface area contributed by atoms with Gasteiger partial charge in [0.25, 0.3) is 5.91 Å². The number of hydrogen-bond donors (Lipinski definition) is 1. The van der Waals surface area contributed by atoms with Gasteiger partial charge in [-0.15, -0.1) is 0 Å². The zero-order valence-corrected chi connectivity index (χ0v) is 15.9. The molecule has 144 valence electrons. The molecule has 0 radical (unpaired) electrons. The van der Waals surface area contributed by atoms with Crippen molar-refractivity contribution in [3.63, 3.8) is 0 Å². The number of carbonyl (C=O) groups is 1. The summed E-state index contributed by atoms with van der Waals surface area (Å²) in [5.74, 6) is 2.11. The molecule has 1 aliphatic rings. The van der Waals surface area contributed by atoms with E-state index in [0.29, 0.717) is 37.6 Å². The van der Waals surface area contributed by atoms with Crippen LogP contribution in [0.2, 0.25) is 0 Å². The zero-order chi connectivity index (χ0) is 19.4. The van der Waals surface area contributed by atoms with Crippen molar-refractivity contribution in [2.45, 2.75) is 20.0 Å². The van der Waals surface area contributed by atoms with Crippen molar-refractivity contribution in [2.75, 3.05) is 43.9 Å². The Morgan fingerprint density at radius 2 is 1.78 bits per heavy atom. The van der Waals surface area contributed by atoms with E-state index in [0.717, 1.165) is 11.6 Å². The van der Waals surface area contributed by atoms with E-state index in [4.69, 9.17) is 15.2 Å². The van der Waals surface area contributed by atoms with Crippen molar-refractivity contribution in [3.05, 3.63) is 35.9 Å². The van der Waals surface area contributed by atoms with Gasteiger partial charge in [-0.05, 0) is 38.1 Å². The van der Waals surface area contributed by atoms with Gasteiger partial charge in [0.05, 0.1) is 13.2 Å². The Morgan fingerprint density at radius 1 is 1.11 bits per heavy atom. The number of amides is 1. The molecule has 0 spiro atoms. The third kappa shape index (κ3) is 4.58. The van der Waals surface area contributed by atoms with Crippen LogP contribution in [0.3, 0.4) is 0 Å². The second-order valence-electron chi connectivity index (χ2n) is 6.60. The summed E-state index contributed by atoms with van der Waals surface area (Å²) in [6, 6.07) is 8.95. The smallest absolute Gasteiger partial charge is 0.253 e. The molecule has 0 saturated carbocycles. The van der Waals surface area contributed by atoms with Crippen molar-refractivity contribution >= 4 is 17.7 Å². The van der Waals surface area contributed by atoms with Crippen LogP contribution < -0.4 is 20.1 Å². The second kappa shape index (κ2) is 8.11. The molecular weight excluding hydrogens is 346 g/mol. The number of piperazine rings is 1. The van der Waals surface area contributed by atoms with Crippen LogP contribution in [0.25, 0.3) is 0 Å². The van der Waals surface area contributed by atoms with Gasteiger partial charge in [0, 0.05) is 37.8 Å². The molecule has 0 bridgehead atoms. The Morgan fingerprint density at radius 3 is 2.37 bits per heavy atom. The number of rotatable bonds is 5. The quantitative estimate of drug-likeness (QED) is 0.857. The lowest BCUT2D eigenvalue weighted by Gasteiger charge is -2.35. The number of anilines is 2. The van der Waals surface area contributed by atoms with Gasteiger partial charge in [-0.25, -0.2) is 0 Å². The number of carbonyl (C=O) groups excluding carboxylic acids is 1. The van der Waals surface area contributed by atoms with Crippen LogP contribution in [-0.4, -0.2) is 60.2 Å². The Bertz CT molecular complexity index is 786. The summed E-state index contributed by atoms with van der Waals surface area (Å²) in [7, 11) is 1.60. The zero-order valence-electron chi connectivity index (χ0n) is 15.9. The molecule has 8 heteroatoms. The molecule has 2 N–H and O–H groups in total. The maximum absolute atomic E-state index is 12.7. The Balaban J connectivity index is 1.64. The first-order valence-electron chi connectivity index (χ1n) is 8.95. The van der Waals surface area contributed by atoms with Crippen molar-refractivity contribution < 1.29 is 14.3 Å². The maximum Gasteiger partial charge on any atom is 0.253 e. The number of hydrogen-bond acceptors (Lipinski definition) is 7. The largest absolute Gasteiger partial charge is 0.497 e. The van der Waals surface area contributed by atoms with Gasteiger partial charge in [0.1, 0.15) is 11.6 Å². The SMILES string of the molecule is COc1ccc(C(=O)N2CCN(c3cc(OC(C)C)nc(N)n3)CC2)cc1. The standard InChI is InChI=1S/C19H25N5O3/c1-13(2)27-17-12-16(21-19(20)22-17)23-8-10-24(11-9-23)18(25)14-4-6-15(26-3)7-5-14/h4-7,12-13H,8-11H2,1-3H3,(H2,20,21,22). The molecule has 2 aromatic rings. The van der Waals surface area contributed by atoms with E-state index in [1.807, 2.05) is 18.7 Å². The summed E-state index contributed by atoms with van der Waals surface area (Å²) in [6.07, 6.45) is 0.00566. The van der Waals surface area contributed by atoms with Crippen molar-refractivity contribution in [3.8, 4) is 11.6 Å². The topological polar surface area (TPSA) is 93.8 Å². The number of aromatic nitrogens is 2. The first-order valence-corrected chi connectivity index (χ1v) is 8.95. The van der Waals surface area contributed by atoms with E-state index in [2.05, 4.69) is 14.9 Å². The van der Waals surface area contributed by atoms with E-state index in [9.17, 15) is 4.79 Å². The summed E-state index contributed by atoms with van der Waals surface area (Å²) in [6.45, 7) is 6.41. The van der Waals surface area contributed by atoms with Gasteiger partial charge in [-0.3, -0.25) is 4.79 Å². The summed E-state index contributed by atoms with van der Waals surface area (Å²) < 4.78 is 10.8. The molecule has 27 heavy (non-hydrogen) atoms. The molecule has 2 heterocycles. The van der Waals surface area contributed by atoms with Crippen molar-refractivity contribution in [2.24, 2.45) is 0 Å². The highest BCUT2D eigenvalue weighted by molar-refractivity contribution is 5.94. The minimum absolute atomic E-state index is 0.00566. The predicted molar refractivity (Wildman–Crippen MR) is 103 cm³/mol. The number of ether oxygens (including phenoxy) is 2. The van der Waals surface area contributed by atoms with Crippen LogP contribution >= 0.6 is 0 Å². The van der Waals surface area contributed by atoms with Crippen LogP contribution in [-0.2, 0) is 0 Å². The maximum atomic E-state index is 12.7. The van der Waals surface area contributed by atoms with Crippen LogP contribution in [0.4, 0.5) is 11.8 Å². The van der Waals surface area contributed by atoms with Gasteiger partial charge in [0.15, 0.2) is 0 Å². The predicted octanol–water partition coefficient (Wildman–Crippen LogP) is 1.82. The number of nitrogens with zero attached hydrogens (tertiary/aromatic N) is 4.